The highest BCUT2D eigenvalue weighted by Gasteiger charge is 2.03. The number of hydrogen-bond donors (Lipinski definition) is 1. The van der Waals surface area contributed by atoms with Crippen molar-refractivity contribution in [3.8, 4) is 11.1 Å². The molecule has 1 heteroatoms. The molecule has 0 heterocycles. The fraction of sp³-hybridized carbons (Fsp3) is 0.294. The molecule has 0 aromatic heterocycles. The molecule has 0 fully saturated rings. The molecule has 0 aliphatic carbocycles. The van der Waals surface area contributed by atoms with Gasteiger partial charge in [0.1, 0.15) is 0 Å². The summed E-state index contributed by atoms with van der Waals surface area (Å²) >= 11 is 0. The third-order valence-electron chi connectivity index (χ3n) is 3.46. The summed E-state index contributed by atoms with van der Waals surface area (Å²) in [4.78, 5) is 0. The highest BCUT2D eigenvalue weighted by Crippen LogP contribution is 2.24. The first-order chi connectivity index (χ1) is 8.78. The summed E-state index contributed by atoms with van der Waals surface area (Å²) in [5.74, 6) is 0. The molecule has 2 N–H and O–H groups in total. The molecule has 0 bridgehead atoms. The quantitative estimate of drug-likeness (QED) is 0.859. The van der Waals surface area contributed by atoms with Crippen LogP contribution in [-0.2, 0) is 19.4 Å². The maximum absolute atomic E-state index is 5.70. The Kier molecular flexibility index (Phi) is 4.16. The van der Waals surface area contributed by atoms with Crippen molar-refractivity contribution in [1.82, 2.24) is 0 Å². The molecular weight excluding hydrogens is 218 g/mol. The minimum Gasteiger partial charge on any atom is -0.326 e. The Balaban J connectivity index is 2.43. The van der Waals surface area contributed by atoms with Crippen LogP contribution in [-0.4, -0.2) is 0 Å². The van der Waals surface area contributed by atoms with Crippen molar-refractivity contribution < 1.29 is 0 Å². The Hall–Kier alpha value is -1.60. The number of aryl methyl sites for hydroxylation is 2. The fourth-order valence-corrected chi connectivity index (χ4v) is 2.36. The van der Waals surface area contributed by atoms with Gasteiger partial charge in [0.2, 0.25) is 0 Å². The molecule has 0 saturated heterocycles. The second-order valence-electron chi connectivity index (χ2n) is 4.60. The van der Waals surface area contributed by atoms with Crippen molar-refractivity contribution in [1.29, 1.82) is 0 Å². The lowest BCUT2D eigenvalue weighted by molar-refractivity contribution is 1.04. The summed E-state index contributed by atoms with van der Waals surface area (Å²) in [6.07, 6.45) is 2.19. The molecule has 2 rings (SSSR count). The van der Waals surface area contributed by atoms with Gasteiger partial charge in [0.05, 0.1) is 0 Å². The zero-order chi connectivity index (χ0) is 13.0. The summed E-state index contributed by atoms with van der Waals surface area (Å²) in [6, 6.07) is 15.3. The van der Waals surface area contributed by atoms with Crippen LogP contribution < -0.4 is 5.73 Å². The van der Waals surface area contributed by atoms with Crippen LogP contribution in [0.15, 0.2) is 42.5 Å². The molecule has 2 aromatic rings. The molecule has 0 radical (unpaired) electrons. The zero-order valence-electron chi connectivity index (χ0n) is 11.2. The summed E-state index contributed by atoms with van der Waals surface area (Å²) in [5, 5.41) is 0. The first-order valence-electron chi connectivity index (χ1n) is 6.69. The molecule has 2 aromatic carbocycles. The lowest BCUT2D eigenvalue weighted by Crippen LogP contribution is -1.96. The normalized spacial score (nSPS) is 10.6. The lowest BCUT2D eigenvalue weighted by atomic mass is 9.96. The highest BCUT2D eigenvalue weighted by atomic mass is 14.5. The van der Waals surface area contributed by atoms with E-state index in [0.29, 0.717) is 6.54 Å². The van der Waals surface area contributed by atoms with Gasteiger partial charge < -0.3 is 5.73 Å². The van der Waals surface area contributed by atoms with E-state index < -0.39 is 0 Å². The first kappa shape index (κ1) is 12.8. The van der Waals surface area contributed by atoms with Crippen molar-refractivity contribution in [2.45, 2.75) is 33.2 Å². The SMILES string of the molecule is CCc1ccc(-c2cccc(CN)c2)cc1CC. The lowest BCUT2D eigenvalue weighted by Gasteiger charge is -2.10. The van der Waals surface area contributed by atoms with E-state index in [0.717, 1.165) is 12.8 Å². The molecule has 0 aliphatic heterocycles. The number of benzene rings is 2. The van der Waals surface area contributed by atoms with Gasteiger partial charge >= 0.3 is 0 Å². The Labute approximate surface area is 110 Å². The average molecular weight is 239 g/mol. The van der Waals surface area contributed by atoms with Crippen molar-refractivity contribution in [2.24, 2.45) is 5.73 Å². The Bertz CT molecular complexity index is 529. The number of nitrogens with two attached hydrogens (primary N) is 1. The molecule has 0 atom stereocenters. The van der Waals surface area contributed by atoms with E-state index in [1.165, 1.54) is 27.8 Å². The Morgan fingerprint density at radius 2 is 1.56 bits per heavy atom. The molecule has 0 unspecified atom stereocenters. The van der Waals surface area contributed by atoms with Crippen LogP contribution >= 0.6 is 0 Å². The van der Waals surface area contributed by atoms with E-state index >= 15 is 0 Å². The van der Waals surface area contributed by atoms with Gasteiger partial charge in [-0.05, 0) is 46.7 Å². The van der Waals surface area contributed by atoms with Crippen molar-refractivity contribution in [3.63, 3.8) is 0 Å². The third-order valence-corrected chi connectivity index (χ3v) is 3.46. The molecule has 18 heavy (non-hydrogen) atoms. The number of hydrogen-bond acceptors (Lipinski definition) is 1. The van der Waals surface area contributed by atoms with Gasteiger partial charge in [0, 0.05) is 6.54 Å². The van der Waals surface area contributed by atoms with E-state index in [1.807, 2.05) is 0 Å². The predicted octanol–water partition coefficient (Wildman–Crippen LogP) is 3.94. The molecule has 0 spiro atoms. The predicted molar refractivity (Wildman–Crippen MR) is 78.5 cm³/mol. The second-order valence-corrected chi connectivity index (χ2v) is 4.60. The minimum absolute atomic E-state index is 0.599. The topological polar surface area (TPSA) is 26.0 Å². The van der Waals surface area contributed by atoms with Crippen LogP contribution in [0.1, 0.15) is 30.5 Å². The van der Waals surface area contributed by atoms with Crippen LogP contribution in [0.2, 0.25) is 0 Å². The van der Waals surface area contributed by atoms with Crippen LogP contribution in [0, 0.1) is 0 Å². The Morgan fingerprint density at radius 3 is 2.22 bits per heavy atom. The van der Waals surface area contributed by atoms with E-state index in [2.05, 4.69) is 56.3 Å². The van der Waals surface area contributed by atoms with Crippen molar-refractivity contribution >= 4 is 0 Å². The maximum atomic E-state index is 5.70. The summed E-state index contributed by atoms with van der Waals surface area (Å²) < 4.78 is 0. The van der Waals surface area contributed by atoms with Gasteiger partial charge in [-0.3, -0.25) is 0 Å². The van der Waals surface area contributed by atoms with Gasteiger partial charge in [0.25, 0.3) is 0 Å². The monoisotopic (exact) mass is 239 g/mol. The van der Waals surface area contributed by atoms with E-state index in [-0.39, 0.29) is 0 Å². The van der Waals surface area contributed by atoms with Gasteiger partial charge in [-0.1, -0.05) is 50.2 Å². The Morgan fingerprint density at radius 1 is 0.833 bits per heavy atom. The molecule has 0 aliphatic rings. The smallest absolute Gasteiger partial charge is 0.0178 e. The zero-order valence-corrected chi connectivity index (χ0v) is 11.2. The first-order valence-corrected chi connectivity index (χ1v) is 6.69. The largest absolute Gasteiger partial charge is 0.326 e. The van der Waals surface area contributed by atoms with Crippen molar-refractivity contribution in [3.05, 3.63) is 59.2 Å². The maximum Gasteiger partial charge on any atom is 0.0178 e. The van der Waals surface area contributed by atoms with Gasteiger partial charge in [0.15, 0.2) is 0 Å². The second kappa shape index (κ2) is 5.83. The molecule has 0 amide bonds. The van der Waals surface area contributed by atoms with Crippen LogP contribution in [0.5, 0.6) is 0 Å². The summed E-state index contributed by atoms with van der Waals surface area (Å²) in [6.45, 7) is 5.03. The fourth-order valence-electron chi connectivity index (χ4n) is 2.36. The molecular formula is C17H21N. The van der Waals surface area contributed by atoms with Gasteiger partial charge in [-0.25, -0.2) is 0 Å². The van der Waals surface area contributed by atoms with Crippen LogP contribution in [0.25, 0.3) is 11.1 Å². The molecule has 1 nitrogen and oxygen atoms in total. The van der Waals surface area contributed by atoms with E-state index in [9.17, 15) is 0 Å². The van der Waals surface area contributed by atoms with Crippen molar-refractivity contribution in [2.75, 3.05) is 0 Å². The third kappa shape index (κ3) is 2.62. The summed E-state index contributed by atoms with van der Waals surface area (Å²) in [7, 11) is 0. The van der Waals surface area contributed by atoms with Gasteiger partial charge in [-0.2, -0.15) is 0 Å². The molecule has 0 saturated carbocycles. The standard InChI is InChI=1S/C17H21N/c1-3-14-8-9-17(11-15(14)4-2)16-7-5-6-13(10-16)12-18/h5-11H,3-4,12,18H2,1-2H3. The van der Waals surface area contributed by atoms with E-state index in [4.69, 9.17) is 5.73 Å². The summed E-state index contributed by atoms with van der Waals surface area (Å²) in [5.41, 5.74) is 12.3. The van der Waals surface area contributed by atoms with Gasteiger partial charge in [-0.15, -0.1) is 0 Å². The minimum atomic E-state index is 0.599. The van der Waals surface area contributed by atoms with Crippen LogP contribution in [0.3, 0.4) is 0 Å². The highest BCUT2D eigenvalue weighted by molar-refractivity contribution is 5.65. The molecule has 94 valence electrons. The number of rotatable bonds is 4. The van der Waals surface area contributed by atoms with Crippen LogP contribution in [0.4, 0.5) is 0 Å². The average Bonchev–Trinajstić information content (AvgIpc) is 2.46. The van der Waals surface area contributed by atoms with E-state index in [1.54, 1.807) is 0 Å².